The second kappa shape index (κ2) is 11.3. The third-order valence-electron chi connectivity index (χ3n) is 4.73. The molecule has 0 atom stereocenters. The molecule has 0 fully saturated rings. The molecule has 1 N–H and O–H groups in total. The van der Waals surface area contributed by atoms with Crippen LogP contribution in [0.2, 0.25) is 0 Å². The predicted molar refractivity (Wildman–Crippen MR) is 129 cm³/mol. The summed E-state index contributed by atoms with van der Waals surface area (Å²) in [5, 5.41) is 23.3. The zero-order chi connectivity index (χ0) is 27.2. The highest BCUT2D eigenvalue weighted by atomic mass is 19.4. The van der Waals surface area contributed by atoms with Gasteiger partial charge in [-0.15, -0.1) is 0 Å². The number of carbonyl (C=O) groups excluding carboxylic acids is 1. The van der Waals surface area contributed by atoms with Crippen molar-refractivity contribution < 1.29 is 32.4 Å². The molecule has 8 nitrogen and oxygen atoms in total. The highest BCUT2D eigenvalue weighted by Crippen LogP contribution is 2.37. The van der Waals surface area contributed by atoms with E-state index in [2.05, 4.69) is 5.32 Å². The lowest BCUT2D eigenvalue weighted by atomic mass is 10.1. The van der Waals surface area contributed by atoms with Gasteiger partial charge in [-0.2, -0.15) is 18.4 Å². The predicted octanol–water partition coefficient (Wildman–Crippen LogP) is 6.74. The van der Waals surface area contributed by atoms with E-state index >= 15 is 0 Å². The normalized spacial score (nSPS) is 11.5. The first-order valence-corrected chi connectivity index (χ1v) is 10.8. The monoisotopic (exact) mass is 511 g/mol. The van der Waals surface area contributed by atoms with Crippen molar-refractivity contribution >= 4 is 23.4 Å². The Balaban J connectivity index is 1.75. The van der Waals surface area contributed by atoms with Crippen molar-refractivity contribution in [1.29, 1.82) is 5.26 Å². The third-order valence-corrected chi connectivity index (χ3v) is 4.73. The minimum atomic E-state index is -4.74. The molecule has 11 heteroatoms. The maximum Gasteiger partial charge on any atom is 0.416 e. The Morgan fingerprint density at radius 3 is 2.38 bits per heavy atom. The molecule has 0 aliphatic carbocycles. The average Bonchev–Trinajstić information content (AvgIpc) is 2.82. The van der Waals surface area contributed by atoms with Gasteiger partial charge in [0, 0.05) is 17.8 Å². The zero-order valence-corrected chi connectivity index (χ0v) is 19.6. The van der Waals surface area contributed by atoms with Crippen LogP contribution in [-0.2, 0) is 11.0 Å². The van der Waals surface area contributed by atoms with Crippen LogP contribution in [0, 0.1) is 21.4 Å². The molecule has 3 rings (SSSR count). The lowest BCUT2D eigenvalue weighted by Crippen LogP contribution is -2.13. The summed E-state index contributed by atoms with van der Waals surface area (Å²) >= 11 is 0. The maximum absolute atomic E-state index is 12.9. The molecule has 1 amide bonds. The molecule has 0 aliphatic rings. The molecule has 190 valence electrons. The molecule has 0 aromatic heterocycles. The van der Waals surface area contributed by atoms with Gasteiger partial charge < -0.3 is 14.8 Å². The zero-order valence-electron chi connectivity index (χ0n) is 19.6. The van der Waals surface area contributed by atoms with Crippen molar-refractivity contribution in [2.45, 2.75) is 26.1 Å². The number of nitrogens with one attached hydrogen (secondary N) is 1. The Labute approximate surface area is 209 Å². The molecule has 0 aliphatic heterocycles. The summed E-state index contributed by atoms with van der Waals surface area (Å²) < 4.78 is 49.6. The van der Waals surface area contributed by atoms with Crippen LogP contribution < -0.4 is 14.8 Å². The van der Waals surface area contributed by atoms with E-state index in [1.165, 1.54) is 30.3 Å². The summed E-state index contributed by atoms with van der Waals surface area (Å²) in [6.07, 6.45) is -3.47. The van der Waals surface area contributed by atoms with Gasteiger partial charge in [0.1, 0.15) is 23.1 Å². The van der Waals surface area contributed by atoms with E-state index in [0.29, 0.717) is 29.1 Å². The summed E-state index contributed by atoms with van der Waals surface area (Å²) in [6.45, 7) is 3.73. The van der Waals surface area contributed by atoms with Gasteiger partial charge in [-0.3, -0.25) is 14.9 Å². The molecule has 3 aromatic rings. The van der Waals surface area contributed by atoms with Crippen LogP contribution in [0.1, 0.15) is 25.0 Å². The fourth-order valence-corrected chi connectivity index (χ4v) is 3.11. The van der Waals surface area contributed by atoms with Crippen molar-refractivity contribution in [3.63, 3.8) is 0 Å². The Bertz CT molecular complexity index is 1380. The molecule has 0 bridgehead atoms. The first kappa shape index (κ1) is 26.7. The lowest BCUT2D eigenvalue weighted by Gasteiger charge is -2.11. The van der Waals surface area contributed by atoms with E-state index in [9.17, 15) is 33.3 Å². The number of nitrogens with zero attached hydrogens (tertiary/aromatic N) is 2. The number of nitro groups is 1. The van der Waals surface area contributed by atoms with Gasteiger partial charge in [0.2, 0.25) is 5.75 Å². The largest absolute Gasteiger partial charge is 0.491 e. The average molecular weight is 511 g/mol. The Morgan fingerprint density at radius 1 is 1.08 bits per heavy atom. The topological polar surface area (TPSA) is 114 Å². The van der Waals surface area contributed by atoms with Crippen molar-refractivity contribution in [2.75, 3.05) is 5.32 Å². The smallest absolute Gasteiger partial charge is 0.416 e. The van der Waals surface area contributed by atoms with Gasteiger partial charge >= 0.3 is 11.9 Å². The van der Waals surface area contributed by atoms with E-state index in [1.54, 1.807) is 24.3 Å². The van der Waals surface area contributed by atoms with Crippen LogP contribution in [0.25, 0.3) is 6.08 Å². The lowest BCUT2D eigenvalue weighted by molar-refractivity contribution is -0.385. The number of benzene rings is 3. The number of anilines is 1. The number of hydrogen-bond acceptors (Lipinski definition) is 6. The molecule has 0 unspecified atom stereocenters. The second-order valence-corrected chi connectivity index (χ2v) is 7.93. The number of alkyl halides is 3. The van der Waals surface area contributed by atoms with Crippen LogP contribution >= 0.6 is 0 Å². The number of halogens is 3. The van der Waals surface area contributed by atoms with E-state index in [1.807, 2.05) is 19.9 Å². The van der Waals surface area contributed by atoms with Gasteiger partial charge in [-0.05, 0) is 61.9 Å². The second-order valence-electron chi connectivity index (χ2n) is 7.93. The van der Waals surface area contributed by atoms with Gasteiger partial charge in [0.05, 0.1) is 16.6 Å². The third kappa shape index (κ3) is 7.32. The van der Waals surface area contributed by atoms with Gasteiger partial charge in [0.15, 0.2) is 0 Å². The Kier molecular flexibility index (Phi) is 8.14. The molecular formula is C26H20F3N3O5. The molecule has 0 saturated carbocycles. The van der Waals surface area contributed by atoms with Crippen molar-refractivity contribution in [3.05, 3.63) is 93.5 Å². The summed E-state index contributed by atoms with van der Waals surface area (Å²) in [4.78, 5) is 22.8. The van der Waals surface area contributed by atoms with E-state index in [0.717, 1.165) is 6.07 Å². The van der Waals surface area contributed by atoms with Gasteiger partial charge in [-0.1, -0.05) is 18.2 Å². The number of amides is 1. The number of nitro benzene ring substituents is 1. The molecular weight excluding hydrogens is 491 g/mol. The van der Waals surface area contributed by atoms with E-state index < -0.39 is 28.3 Å². The van der Waals surface area contributed by atoms with Crippen LogP contribution in [0.5, 0.6) is 17.2 Å². The molecule has 0 spiro atoms. The van der Waals surface area contributed by atoms with Crippen molar-refractivity contribution in [1.82, 2.24) is 0 Å². The minimum Gasteiger partial charge on any atom is -0.491 e. The number of carbonyl (C=O) groups is 1. The van der Waals surface area contributed by atoms with Crippen LogP contribution in [0.3, 0.4) is 0 Å². The first-order chi connectivity index (χ1) is 17.5. The van der Waals surface area contributed by atoms with Crippen LogP contribution in [0.4, 0.5) is 24.5 Å². The minimum absolute atomic E-state index is 0.0575. The molecule has 3 aromatic carbocycles. The highest BCUT2D eigenvalue weighted by molar-refractivity contribution is 6.09. The quantitative estimate of drug-likeness (QED) is 0.155. The van der Waals surface area contributed by atoms with Crippen LogP contribution in [-0.4, -0.2) is 16.9 Å². The summed E-state index contributed by atoms with van der Waals surface area (Å²) in [5.74, 6) is -0.365. The van der Waals surface area contributed by atoms with Crippen molar-refractivity contribution in [2.24, 2.45) is 0 Å². The molecule has 0 saturated heterocycles. The standard InChI is InChI=1S/C26H20F3N3O5/c1-16(2)36-22-5-3-4-20(14-22)31-25(33)18(15-30)12-17-6-9-21(10-7-17)37-24-11-8-19(26(27,28)29)13-23(24)32(34)35/h3-14,16H,1-2H3,(H,31,33)/b18-12-. The van der Waals surface area contributed by atoms with Crippen LogP contribution in [0.15, 0.2) is 72.3 Å². The SMILES string of the molecule is CC(C)Oc1cccc(NC(=O)/C(C#N)=C\c2ccc(Oc3ccc(C(F)(F)F)cc3[N+](=O)[O-])cc2)c1. The van der Waals surface area contributed by atoms with Gasteiger partial charge in [-0.25, -0.2) is 0 Å². The fraction of sp³-hybridized carbons (Fsp3) is 0.154. The summed E-state index contributed by atoms with van der Waals surface area (Å²) in [7, 11) is 0. The summed E-state index contributed by atoms with van der Waals surface area (Å²) in [6, 6.07) is 16.2. The number of rotatable bonds is 8. The van der Waals surface area contributed by atoms with E-state index in [-0.39, 0.29) is 23.2 Å². The molecule has 0 heterocycles. The maximum atomic E-state index is 12.9. The molecule has 0 radical (unpaired) electrons. The first-order valence-electron chi connectivity index (χ1n) is 10.8. The number of hydrogen-bond donors (Lipinski definition) is 1. The molecule has 37 heavy (non-hydrogen) atoms. The summed E-state index contributed by atoms with van der Waals surface area (Å²) in [5.41, 5.74) is -1.33. The highest BCUT2D eigenvalue weighted by Gasteiger charge is 2.33. The fourth-order valence-electron chi connectivity index (χ4n) is 3.11. The number of nitriles is 1. The Hall–Kier alpha value is -4.85. The Morgan fingerprint density at radius 2 is 1.78 bits per heavy atom. The number of ether oxygens (including phenoxy) is 2. The van der Waals surface area contributed by atoms with Crippen molar-refractivity contribution in [3.8, 4) is 23.3 Å². The van der Waals surface area contributed by atoms with Gasteiger partial charge in [0.25, 0.3) is 5.91 Å². The van der Waals surface area contributed by atoms with E-state index in [4.69, 9.17) is 9.47 Å².